The van der Waals surface area contributed by atoms with E-state index in [-0.39, 0.29) is 18.4 Å². The van der Waals surface area contributed by atoms with E-state index in [1.807, 2.05) is 13.8 Å². The first kappa shape index (κ1) is 17.9. The van der Waals surface area contributed by atoms with Gasteiger partial charge < -0.3 is 14.6 Å². The van der Waals surface area contributed by atoms with E-state index in [4.69, 9.17) is 9.47 Å². The van der Waals surface area contributed by atoms with Crippen molar-refractivity contribution in [3.8, 4) is 0 Å². The molecule has 5 atom stereocenters. The quantitative estimate of drug-likeness (QED) is 0.902. The standard InChI is InChI=1S/C18H26O5S/c1-13-11-17(24(20,21)15-8-4-3-5-9-15)18(23-16(13)12-19)14(2)7-6-10-22-18/h3-5,8-9,13-14,16-17,19H,6-7,10-12H2,1-2H3/t13-,14+,16+,17+,18-/m0/s1. The Bertz CT molecular complexity index is 659. The molecular weight excluding hydrogens is 328 g/mol. The van der Waals surface area contributed by atoms with Crippen molar-refractivity contribution in [3.63, 3.8) is 0 Å². The first-order chi connectivity index (χ1) is 11.4. The highest BCUT2D eigenvalue weighted by molar-refractivity contribution is 7.92. The summed E-state index contributed by atoms with van der Waals surface area (Å²) in [6, 6.07) is 8.51. The third-order valence-corrected chi connectivity index (χ3v) is 7.63. The summed E-state index contributed by atoms with van der Waals surface area (Å²) >= 11 is 0. The molecule has 2 saturated heterocycles. The second-order valence-electron chi connectivity index (χ2n) is 7.01. The zero-order chi connectivity index (χ0) is 17.4. The van der Waals surface area contributed by atoms with Crippen LogP contribution in [0.5, 0.6) is 0 Å². The van der Waals surface area contributed by atoms with E-state index in [1.54, 1.807) is 30.3 Å². The number of rotatable bonds is 3. The molecule has 0 aromatic heterocycles. The smallest absolute Gasteiger partial charge is 0.188 e. The van der Waals surface area contributed by atoms with Crippen molar-refractivity contribution in [2.45, 2.75) is 55.1 Å². The highest BCUT2D eigenvalue weighted by Crippen LogP contribution is 2.47. The van der Waals surface area contributed by atoms with Crippen LogP contribution in [-0.4, -0.2) is 43.9 Å². The van der Waals surface area contributed by atoms with Crippen LogP contribution in [0.2, 0.25) is 0 Å². The predicted molar refractivity (Wildman–Crippen MR) is 90.2 cm³/mol. The molecule has 134 valence electrons. The monoisotopic (exact) mass is 354 g/mol. The molecule has 24 heavy (non-hydrogen) atoms. The van der Waals surface area contributed by atoms with Crippen LogP contribution in [0.25, 0.3) is 0 Å². The summed E-state index contributed by atoms with van der Waals surface area (Å²) in [5.41, 5.74) is 0. The van der Waals surface area contributed by atoms with Crippen molar-refractivity contribution in [1.82, 2.24) is 0 Å². The van der Waals surface area contributed by atoms with Gasteiger partial charge in [-0.25, -0.2) is 8.42 Å². The van der Waals surface area contributed by atoms with Gasteiger partial charge in [-0.05, 0) is 37.3 Å². The van der Waals surface area contributed by atoms with Crippen LogP contribution in [-0.2, 0) is 19.3 Å². The molecule has 2 heterocycles. The summed E-state index contributed by atoms with van der Waals surface area (Å²) in [4.78, 5) is 0.300. The highest BCUT2D eigenvalue weighted by atomic mass is 32.2. The molecule has 0 saturated carbocycles. The largest absolute Gasteiger partial charge is 0.394 e. The molecule has 2 aliphatic rings. The average Bonchev–Trinajstić information content (AvgIpc) is 2.59. The number of sulfone groups is 1. The van der Waals surface area contributed by atoms with Gasteiger partial charge in [0.2, 0.25) is 0 Å². The van der Waals surface area contributed by atoms with Crippen molar-refractivity contribution in [1.29, 1.82) is 0 Å². The summed E-state index contributed by atoms with van der Waals surface area (Å²) in [7, 11) is -3.60. The van der Waals surface area contributed by atoms with Crippen molar-refractivity contribution < 1.29 is 23.0 Å². The Balaban J connectivity index is 2.05. The molecule has 1 spiro atoms. The molecule has 6 heteroatoms. The minimum atomic E-state index is -3.60. The second kappa shape index (κ2) is 6.75. The van der Waals surface area contributed by atoms with Crippen molar-refractivity contribution >= 4 is 9.84 Å². The van der Waals surface area contributed by atoms with Gasteiger partial charge in [-0.15, -0.1) is 0 Å². The van der Waals surface area contributed by atoms with Gasteiger partial charge in [0.25, 0.3) is 0 Å². The van der Waals surface area contributed by atoms with E-state index < -0.39 is 27.0 Å². The summed E-state index contributed by atoms with van der Waals surface area (Å²) in [6.45, 7) is 4.26. The lowest BCUT2D eigenvalue weighted by molar-refractivity contribution is -0.326. The Labute approximate surface area is 143 Å². The lowest BCUT2D eigenvalue weighted by atomic mass is 9.82. The molecular formula is C18H26O5S. The average molecular weight is 354 g/mol. The van der Waals surface area contributed by atoms with E-state index in [2.05, 4.69) is 0 Å². The van der Waals surface area contributed by atoms with Gasteiger partial charge in [-0.2, -0.15) is 0 Å². The maximum atomic E-state index is 13.3. The molecule has 2 fully saturated rings. The maximum absolute atomic E-state index is 13.3. The molecule has 0 amide bonds. The van der Waals surface area contributed by atoms with Gasteiger partial charge in [0.15, 0.2) is 15.6 Å². The third kappa shape index (κ3) is 2.90. The molecule has 0 bridgehead atoms. The maximum Gasteiger partial charge on any atom is 0.188 e. The lowest BCUT2D eigenvalue weighted by Crippen LogP contribution is -2.63. The van der Waals surface area contributed by atoms with Gasteiger partial charge >= 0.3 is 0 Å². The van der Waals surface area contributed by atoms with Crippen molar-refractivity contribution in [2.75, 3.05) is 13.2 Å². The number of hydrogen-bond donors (Lipinski definition) is 1. The van der Waals surface area contributed by atoms with Crippen LogP contribution in [0.1, 0.15) is 33.1 Å². The van der Waals surface area contributed by atoms with E-state index in [9.17, 15) is 13.5 Å². The SMILES string of the molecule is C[C@@H]1CCCO[C@]12O[C@H](CO)[C@@H](C)C[C@H]2S(=O)(=O)c1ccccc1. The molecule has 1 N–H and O–H groups in total. The Morgan fingerprint density at radius 3 is 2.58 bits per heavy atom. The molecule has 5 nitrogen and oxygen atoms in total. The molecule has 2 aliphatic heterocycles. The van der Waals surface area contributed by atoms with Crippen LogP contribution in [0.15, 0.2) is 35.2 Å². The van der Waals surface area contributed by atoms with E-state index in [1.165, 1.54) is 0 Å². The third-order valence-electron chi connectivity index (χ3n) is 5.43. The van der Waals surface area contributed by atoms with Gasteiger partial charge in [0.05, 0.1) is 24.2 Å². The van der Waals surface area contributed by atoms with E-state index in [0.29, 0.717) is 17.9 Å². The molecule has 0 aliphatic carbocycles. The fourth-order valence-corrected chi connectivity index (χ4v) is 6.15. The summed E-state index contributed by atoms with van der Waals surface area (Å²) < 4.78 is 38.8. The number of aliphatic hydroxyl groups is 1. The normalized spacial score (nSPS) is 37.5. The number of hydrogen-bond acceptors (Lipinski definition) is 5. The highest BCUT2D eigenvalue weighted by Gasteiger charge is 2.58. The van der Waals surface area contributed by atoms with Crippen LogP contribution >= 0.6 is 0 Å². The second-order valence-corrected chi connectivity index (χ2v) is 9.14. The number of ether oxygens (including phenoxy) is 2. The van der Waals surface area contributed by atoms with Crippen molar-refractivity contribution in [3.05, 3.63) is 30.3 Å². The summed E-state index contributed by atoms with van der Waals surface area (Å²) in [6.07, 6.45) is 1.77. The molecule has 0 unspecified atom stereocenters. The summed E-state index contributed by atoms with van der Waals surface area (Å²) in [5, 5.41) is 8.87. The molecule has 1 aromatic carbocycles. The topological polar surface area (TPSA) is 72.8 Å². The fourth-order valence-electron chi connectivity index (χ4n) is 3.94. The van der Waals surface area contributed by atoms with Crippen LogP contribution in [0.4, 0.5) is 0 Å². The van der Waals surface area contributed by atoms with Crippen LogP contribution in [0, 0.1) is 11.8 Å². The minimum absolute atomic E-state index is 0.0451. The molecule has 1 aromatic rings. The summed E-state index contributed by atoms with van der Waals surface area (Å²) in [5.74, 6) is -1.27. The van der Waals surface area contributed by atoms with Gasteiger partial charge in [0.1, 0.15) is 5.25 Å². The first-order valence-electron chi connectivity index (χ1n) is 8.63. The number of aliphatic hydroxyl groups excluding tert-OH is 1. The molecule has 0 radical (unpaired) electrons. The van der Waals surface area contributed by atoms with Gasteiger partial charge in [0, 0.05) is 5.92 Å². The Morgan fingerprint density at radius 1 is 1.25 bits per heavy atom. The van der Waals surface area contributed by atoms with Crippen molar-refractivity contribution in [2.24, 2.45) is 11.8 Å². The zero-order valence-electron chi connectivity index (χ0n) is 14.2. The van der Waals surface area contributed by atoms with E-state index in [0.717, 1.165) is 12.8 Å². The van der Waals surface area contributed by atoms with Crippen LogP contribution in [0.3, 0.4) is 0 Å². The Morgan fingerprint density at radius 2 is 1.96 bits per heavy atom. The van der Waals surface area contributed by atoms with Crippen LogP contribution < -0.4 is 0 Å². The first-order valence-corrected chi connectivity index (χ1v) is 10.2. The predicted octanol–water partition coefficient (Wildman–Crippen LogP) is 2.39. The fraction of sp³-hybridized carbons (Fsp3) is 0.667. The van der Waals surface area contributed by atoms with Gasteiger partial charge in [-0.3, -0.25) is 0 Å². The van der Waals surface area contributed by atoms with Gasteiger partial charge in [-0.1, -0.05) is 32.0 Å². The Kier molecular flexibility index (Phi) is 5.02. The number of benzene rings is 1. The van der Waals surface area contributed by atoms with E-state index >= 15 is 0 Å². The zero-order valence-corrected chi connectivity index (χ0v) is 15.0. The Hall–Kier alpha value is -0.950. The molecule has 3 rings (SSSR count). The lowest BCUT2D eigenvalue weighted by Gasteiger charge is -2.52. The minimum Gasteiger partial charge on any atom is -0.394 e.